The van der Waals surface area contributed by atoms with E-state index in [1.165, 1.54) is 34.7 Å². The van der Waals surface area contributed by atoms with Crippen molar-refractivity contribution in [1.29, 1.82) is 0 Å². The van der Waals surface area contributed by atoms with Crippen LogP contribution in [0.4, 0.5) is 5.69 Å². The Balaban J connectivity index is 0.000000179. The molecule has 0 spiro atoms. The van der Waals surface area contributed by atoms with E-state index < -0.39 is 8.07 Å². The second-order valence-electron chi connectivity index (χ2n) is 15.0. The minimum atomic E-state index is -1.40. The summed E-state index contributed by atoms with van der Waals surface area (Å²) in [6.07, 6.45) is 5.71. The molecule has 1 radical (unpaired) electrons. The topological polar surface area (TPSA) is 38.4 Å². The molecule has 1 atom stereocenters. The van der Waals surface area contributed by atoms with Crippen molar-refractivity contribution in [1.82, 2.24) is 4.98 Å². The molecule has 8 rings (SSSR count). The van der Waals surface area contributed by atoms with E-state index in [1.54, 1.807) is 0 Å². The molecule has 0 N–H and O–H groups in total. The number of hydrogen-bond donors (Lipinski definition) is 0. The summed E-state index contributed by atoms with van der Waals surface area (Å²) < 4.78 is 6.27. The first-order valence-corrected chi connectivity index (χ1v) is 21.7. The first kappa shape index (κ1) is 37.3. The van der Waals surface area contributed by atoms with E-state index in [0.29, 0.717) is 5.41 Å². The first-order valence-electron chi connectivity index (χ1n) is 18.2. The summed E-state index contributed by atoms with van der Waals surface area (Å²) in [7, 11) is -1.40. The number of fused-ring (bicyclic) bond motifs is 4. The number of nitrogens with zero attached hydrogens (tertiary/aromatic N) is 2. The van der Waals surface area contributed by atoms with Crippen molar-refractivity contribution in [2.45, 2.75) is 65.6 Å². The van der Waals surface area contributed by atoms with Gasteiger partial charge in [-0.3, -0.25) is 4.99 Å². The molecule has 5 heteroatoms. The van der Waals surface area contributed by atoms with Gasteiger partial charge in [-0.2, -0.15) is 0 Å². The van der Waals surface area contributed by atoms with Crippen molar-refractivity contribution >= 4 is 46.6 Å². The molecule has 1 unspecified atom stereocenters. The summed E-state index contributed by atoms with van der Waals surface area (Å²) in [6, 6.07) is 48.3. The predicted molar refractivity (Wildman–Crippen MR) is 217 cm³/mol. The monoisotopic (exact) mass is 875 g/mol. The van der Waals surface area contributed by atoms with Crippen molar-refractivity contribution in [3.05, 3.63) is 162 Å². The maximum absolute atomic E-state index is 6.27. The molecule has 5 aromatic carbocycles. The molecule has 0 fully saturated rings. The zero-order chi connectivity index (χ0) is 35.6. The van der Waals surface area contributed by atoms with Gasteiger partial charge in [-0.25, -0.2) is 0 Å². The van der Waals surface area contributed by atoms with Crippen molar-refractivity contribution in [3.8, 4) is 11.3 Å². The van der Waals surface area contributed by atoms with Crippen LogP contribution in [0.25, 0.3) is 33.2 Å². The fourth-order valence-electron chi connectivity index (χ4n) is 7.22. The Morgan fingerprint density at radius 2 is 1.48 bits per heavy atom. The summed E-state index contributed by atoms with van der Waals surface area (Å²) in [4.78, 5) is 9.79. The van der Waals surface area contributed by atoms with Gasteiger partial charge in [0.15, 0.2) is 0 Å². The Morgan fingerprint density at radius 3 is 2.21 bits per heavy atom. The molecule has 3 nitrogen and oxygen atoms in total. The second-order valence-corrected chi connectivity index (χ2v) is 20.1. The van der Waals surface area contributed by atoms with E-state index in [9.17, 15) is 0 Å². The van der Waals surface area contributed by atoms with Crippen molar-refractivity contribution in [2.24, 2.45) is 10.4 Å². The van der Waals surface area contributed by atoms with E-state index in [2.05, 4.69) is 132 Å². The average molecular weight is 875 g/mol. The zero-order valence-corrected chi connectivity index (χ0v) is 34.4. The van der Waals surface area contributed by atoms with E-state index in [4.69, 9.17) is 14.4 Å². The number of rotatable bonds is 8. The van der Waals surface area contributed by atoms with Crippen LogP contribution in [0.1, 0.15) is 61.8 Å². The maximum Gasteiger partial charge on any atom is 0.120 e. The third kappa shape index (κ3) is 7.55. The summed E-state index contributed by atoms with van der Waals surface area (Å²) >= 11 is 0. The van der Waals surface area contributed by atoms with E-state index in [-0.39, 0.29) is 26.0 Å². The van der Waals surface area contributed by atoms with Crippen LogP contribution in [0.3, 0.4) is 0 Å². The Kier molecular flexibility index (Phi) is 11.3. The van der Waals surface area contributed by atoms with Crippen molar-refractivity contribution < 1.29 is 24.5 Å². The molecule has 1 aliphatic rings. The molecule has 0 amide bonds. The molecule has 52 heavy (non-hydrogen) atoms. The Hall–Kier alpha value is -4.41. The maximum atomic E-state index is 6.27. The van der Waals surface area contributed by atoms with Crippen molar-refractivity contribution in [3.63, 3.8) is 0 Å². The van der Waals surface area contributed by atoms with Gasteiger partial charge in [-0.15, -0.1) is 54.1 Å². The van der Waals surface area contributed by atoms with Gasteiger partial charge in [0.25, 0.3) is 0 Å². The number of benzene rings is 5. The quantitative estimate of drug-likeness (QED) is 0.113. The van der Waals surface area contributed by atoms with Crippen LogP contribution in [0, 0.1) is 17.5 Å². The molecule has 0 saturated heterocycles. The SMILES string of the molecule is CCC(C)(CC)Cc1cc(-c2[c-]cccc2)ncc1[Si](C)(C)C.[Ir].[c-]1ccc2c(oc3ccccc32)c1C1=Nc2ccccc2C1c1ccccc1. The van der Waals surface area contributed by atoms with Gasteiger partial charge in [0.05, 0.1) is 19.3 Å². The number of pyridine rings is 1. The minimum absolute atomic E-state index is 0. The summed E-state index contributed by atoms with van der Waals surface area (Å²) in [5, 5.41) is 3.74. The standard InChI is InChI=1S/C26H16NO.C21H30NSi.Ir/c1-2-9-17(10-3-1)24-20-12-4-6-15-22(20)27-25(24)21-14-8-13-19-18-11-5-7-16-23(18)28-26(19)21;1-7-21(3,8-2)15-18-14-19(17-12-10-9-11-13-17)22-16-20(18)23(4,5)6;/h1-13,15-16,24H;9-12,14,16H,7-8,15H2,1-6H3;/q2*-1;. The molecule has 2 aromatic heterocycles. The van der Waals surface area contributed by atoms with E-state index in [0.717, 1.165) is 56.6 Å². The molecule has 1 aliphatic heterocycles. The van der Waals surface area contributed by atoms with Gasteiger partial charge in [-0.05, 0) is 51.7 Å². The normalized spacial score (nSPS) is 14.0. The van der Waals surface area contributed by atoms with Crippen LogP contribution in [-0.2, 0) is 26.5 Å². The number of para-hydroxylation sites is 2. The molecular formula is C47H46IrN2OSi-2. The fourth-order valence-corrected chi connectivity index (χ4v) is 8.79. The fraction of sp³-hybridized carbons (Fsp3) is 0.234. The van der Waals surface area contributed by atoms with Gasteiger partial charge in [-0.1, -0.05) is 143 Å². The summed E-state index contributed by atoms with van der Waals surface area (Å²) in [6.45, 7) is 14.3. The van der Waals surface area contributed by atoms with Gasteiger partial charge < -0.3 is 9.40 Å². The Morgan fingerprint density at radius 1 is 0.769 bits per heavy atom. The summed E-state index contributed by atoms with van der Waals surface area (Å²) in [5.74, 6) is 0.0764. The van der Waals surface area contributed by atoms with Gasteiger partial charge in [0.2, 0.25) is 0 Å². The van der Waals surface area contributed by atoms with Gasteiger partial charge in [0, 0.05) is 37.6 Å². The number of aliphatic imine (C=N–C) groups is 1. The van der Waals surface area contributed by atoms with Crippen LogP contribution < -0.4 is 5.19 Å². The van der Waals surface area contributed by atoms with Crippen LogP contribution >= 0.6 is 0 Å². The molecule has 0 saturated carbocycles. The van der Waals surface area contributed by atoms with Crippen LogP contribution in [0.2, 0.25) is 19.6 Å². The first-order chi connectivity index (χ1) is 24.7. The molecule has 3 heterocycles. The largest absolute Gasteiger partial charge is 0.501 e. The third-order valence-corrected chi connectivity index (χ3v) is 12.7. The molecule has 7 aromatic rings. The van der Waals surface area contributed by atoms with Gasteiger partial charge in [0.1, 0.15) is 5.58 Å². The predicted octanol–water partition coefficient (Wildman–Crippen LogP) is 12.1. The number of hydrogen-bond acceptors (Lipinski definition) is 3. The van der Waals surface area contributed by atoms with Crippen LogP contribution in [-0.4, -0.2) is 18.8 Å². The minimum Gasteiger partial charge on any atom is -0.501 e. The molecular weight excluding hydrogens is 829 g/mol. The third-order valence-electron chi connectivity index (χ3n) is 10.6. The Labute approximate surface area is 323 Å². The molecule has 265 valence electrons. The number of aromatic nitrogens is 1. The summed E-state index contributed by atoms with van der Waals surface area (Å²) in [5.41, 5.74) is 11.2. The number of furan rings is 1. The molecule has 0 bridgehead atoms. The molecule has 0 aliphatic carbocycles. The van der Waals surface area contributed by atoms with Crippen molar-refractivity contribution in [2.75, 3.05) is 0 Å². The second kappa shape index (κ2) is 15.7. The van der Waals surface area contributed by atoms with Gasteiger partial charge >= 0.3 is 0 Å². The van der Waals surface area contributed by atoms with E-state index in [1.807, 2.05) is 48.5 Å². The Bertz CT molecular complexity index is 2320. The average Bonchev–Trinajstić information content (AvgIpc) is 3.74. The van der Waals surface area contributed by atoms with Crippen LogP contribution in [0.5, 0.6) is 0 Å². The van der Waals surface area contributed by atoms with Crippen LogP contribution in [0.15, 0.2) is 137 Å². The zero-order valence-electron chi connectivity index (χ0n) is 31.0. The van der Waals surface area contributed by atoms with E-state index >= 15 is 0 Å². The smallest absolute Gasteiger partial charge is 0.120 e.